The zero-order chi connectivity index (χ0) is 18.4. The Morgan fingerprint density at radius 2 is 1.96 bits per heavy atom. The van der Waals surface area contributed by atoms with Crippen molar-refractivity contribution in [1.29, 1.82) is 0 Å². The number of sulfone groups is 1. The Balaban J connectivity index is 1.92. The van der Waals surface area contributed by atoms with Crippen molar-refractivity contribution in [3.63, 3.8) is 0 Å². The average molecular weight is 427 g/mol. The number of nitrogens with one attached hydrogen (secondary N) is 1. The van der Waals surface area contributed by atoms with E-state index in [4.69, 9.17) is 0 Å². The molecule has 1 aromatic carbocycles. The molecule has 2 rings (SSSR count). The highest BCUT2D eigenvalue weighted by atomic mass is 79.9. The Bertz CT molecular complexity index is 829. The van der Waals surface area contributed by atoms with Crippen LogP contribution < -0.4 is 5.32 Å². The van der Waals surface area contributed by atoms with Gasteiger partial charge in [0.2, 0.25) is 0 Å². The predicted octanol–water partition coefficient (Wildman–Crippen LogP) is 2.27. The first-order valence-corrected chi connectivity index (χ1v) is 10.3. The minimum atomic E-state index is -3.32. The molecule has 0 saturated carbocycles. The SMILES string of the molecule is CN=C(NCCS(=O)(=O)c1ccc(Br)cc1)N(C)Cc1cccn1C. The average Bonchev–Trinajstić information content (AvgIpc) is 2.97. The van der Waals surface area contributed by atoms with Crippen molar-refractivity contribution in [2.45, 2.75) is 11.4 Å². The van der Waals surface area contributed by atoms with Crippen LogP contribution >= 0.6 is 15.9 Å². The predicted molar refractivity (Wildman–Crippen MR) is 104 cm³/mol. The van der Waals surface area contributed by atoms with Gasteiger partial charge in [0.1, 0.15) is 0 Å². The smallest absolute Gasteiger partial charge is 0.193 e. The molecule has 0 saturated heterocycles. The second-order valence-corrected chi connectivity index (χ2v) is 8.74. The van der Waals surface area contributed by atoms with E-state index in [0.29, 0.717) is 23.9 Å². The van der Waals surface area contributed by atoms with Crippen LogP contribution in [0.5, 0.6) is 0 Å². The number of rotatable bonds is 6. The van der Waals surface area contributed by atoms with Crippen LogP contribution in [0.25, 0.3) is 0 Å². The lowest BCUT2D eigenvalue weighted by atomic mass is 10.4. The van der Waals surface area contributed by atoms with Gasteiger partial charge < -0.3 is 14.8 Å². The lowest BCUT2D eigenvalue weighted by molar-refractivity contribution is 0.463. The molecular formula is C17H23BrN4O2S. The van der Waals surface area contributed by atoms with Gasteiger partial charge >= 0.3 is 0 Å². The van der Waals surface area contributed by atoms with E-state index in [-0.39, 0.29) is 5.75 Å². The monoisotopic (exact) mass is 426 g/mol. The van der Waals surface area contributed by atoms with Crippen LogP contribution in [0.3, 0.4) is 0 Å². The minimum absolute atomic E-state index is 0.00560. The summed E-state index contributed by atoms with van der Waals surface area (Å²) in [6.45, 7) is 0.977. The molecule has 0 aliphatic carbocycles. The lowest BCUT2D eigenvalue weighted by Crippen LogP contribution is -2.40. The Labute approximate surface area is 157 Å². The summed E-state index contributed by atoms with van der Waals surface area (Å²) < 4.78 is 27.6. The van der Waals surface area contributed by atoms with E-state index in [1.54, 1.807) is 31.3 Å². The van der Waals surface area contributed by atoms with Gasteiger partial charge in [-0.15, -0.1) is 0 Å². The molecular weight excluding hydrogens is 404 g/mol. The zero-order valence-electron chi connectivity index (χ0n) is 14.6. The molecule has 0 bridgehead atoms. The van der Waals surface area contributed by atoms with Crippen LogP contribution in [-0.4, -0.2) is 50.2 Å². The van der Waals surface area contributed by atoms with Gasteiger partial charge in [0.15, 0.2) is 15.8 Å². The Morgan fingerprint density at radius 1 is 1.28 bits per heavy atom. The summed E-state index contributed by atoms with van der Waals surface area (Å²) in [4.78, 5) is 6.51. The number of aryl methyl sites for hydroxylation is 1. The van der Waals surface area contributed by atoms with Crippen LogP contribution in [0, 0.1) is 0 Å². The number of benzene rings is 1. The highest BCUT2D eigenvalue weighted by Crippen LogP contribution is 2.15. The third-order valence-corrected chi connectivity index (χ3v) is 6.11. The molecule has 1 heterocycles. The van der Waals surface area contributed by atoms with Gasteiger partial charge in [-0.05, 0) is 36.4 Å². The van der Waals surface area contributed by atoms with Crippen LogP contribution in [0.4, 0.5) is 0 Å². The van der Waals surface area contributed by atoms with Crippen molar-refractivity contribution in [2.75, 3.05) is 26.4 Å². The molecule has 0 atom stereocenters. The fourth-order valence-corrected chi connectivity index (χ4v) is 3.84. The second-order valence-electron chi connectivity index (χ2n) is 5.71. The fourth-order valence-electron chi connectivity index (χ4n) is 2.42. The number of nitrogens with zero attached hydrogens (tertiary/aromatic N) is 3. The summed E-state index contributed by atoms with van der Waals surface area (Å²) in [5.74, 6) is 0.665. The molecule has 1 N–H and O–H groups in total. The van der Waals surface area contributed by atoms with E-state index >= 15 is 0 Å². The molecule has 1 aromatic heterocycles. The van der Waals surface area contributed by atoms with Gasteiger partial charge in [-0.3, -0.25) is 4.99 Å². The lowest BCUT2D eigenvalue weighted by Gasteiger charge is -2.22. The Kier molecular flexibility index (Phi) is 6.66. The van der Waals surface area contributed by atoms with Crippen LogP contribution in [0.1, 0.15) is 5.69 Å². The fraction of sp³-hybridized carbons (Fsp3) is 0.353. The molecule has 0 unspecified atom stereocenters. The van der Waals surface area contributed by atoms with Crippen molar-refractivity contribution >= 4 is 31.7 Å². The quantitative estimate of drug-likeness (QED) is 0.568. The van der Waals surface area contributed by atoms with E-state index in [2.05, 4.69) is 26.2 Å². The molecule has 25 heavy (non-hydrogen) atoms. The standard InChI is InChI=1S/C17H23BrN4O2S/c1-19-17(22(3)13-15-5-4-11-21(15)2)20-10-12-25(23,24)16-8-6-14(18)7-9-16/h4-9,11H,10,12-13H2,1-3H3,(H,19,20). The third kappa shape index (κ3) is 5.34. The molecule has 0 fully saturated rings. The number of halogens is 1. The molecule has 2 aromatic rings. The van der Waals surface area contributed by atoms with Crippen molar-refractivity contribution in [1.82, 2.24) is 14.8 Å². The van der Waals surface area contributed by atoms with E-state index in [1.807, 2.05) is 41.9 Å². The highest BCUT2D eigenvalue weighted by Gasteiger charge is 2.15. The van der Waals surface area contributed by atoms with E-state index in [1.165, 1.54) is 0 Å². The summed E-state index contributed by atoms with van der Waals surface area (Å²) in [5.41, 5.74) is 1.15. The second kappa shape index (κ2) is 8.53. The first kappa shape index (κ1) is 19.5. The Hall–Kier alpha value is -1.80. The van der Waals surface area contributed by atoms with Gasteiger partial charge in [-0.1, -0.05) is 15.9 Å². The van der Waals surface area contributed by atoms with Crippen molar-refractivity contribution in [3.8, 4) is 0 Å². The van der Waals surface area contributed by atoms with Crippen molar-refractivity contribution in [3.05, 3.63) is 52.8 Å². The maximum absolute atomic E-state index is 12.4. The third-order valence-electron chi connectivity index (χ3n) is 3.85. The van der Waals surface area contributed by atoms with E-state index < -0.39 is 9.84 Å². The molecule has 8 heteroatoms. The molecule has 136 valence electrons. The van der Waals surface area contributed by atoms with E-state index in [9.17, 15) is 8.42 Å². The van der Waals surface area contributed by atoms with Gasteiger partial charge in [0.25, 0.3) is 0 Å². The van der Waals surface area contributed by atoms with Gasteiger partial charge in [0, 0.05) is 44.1 Å². The summed E-state index contributed by atoms with van der Waals surface area (Å²) in [6, 6.07) is 10.7. The first-order chi connectivity index (χ1) is 11.8. The zero-order valence-corrected chi connectivity index (χ0v) is 17.0. The number of hydrogen-bond acceptors (Lipinski definition) is 3. The summed E-state index contributed by atoms with van der Waals surface area (Å²) in [5, 5.41) is 3.12. The van der Waals surface area contributed by atoms with Gasteiger partial charge in [-0.2, -0.15) is 0 Å². The van der Waals surface area contributed by atoms with Crippen LogP contribution in [0.2, 0.25) is 0 Å². The van der Waals surface area contributed by atoms with Gasteiger partial charge in [-0.25, -0.2) is 8.42 Å². The van der Waals surface area contributed by atoms with Gasteiger partial charge in [0.05, 0.1) is 17.2 Å². The molecule has 0 amide bonds. The number of guanidine groups is 1. The normalized spacial score (nSPS) is 12.2. The molecule has 0 aliphatic rings. The van der Waals surface area contributed by atoms with Crippen molar-refractivity contribution in [2.24, 2.45) is 12.0 Å². The number of hydrogen-bond donors (Lipinski definition) is 1. The highest BCUT2D eigenvalue weighted by molar-refractivity contribution is 9.10. The molecule has 6 nitrogen and oxygen atoms in total. The topological polar surface area (TPSA) is 66.7 Å². The Morgan fingerprint density at radius 3 is 2.52 bits per heavy atom. The minimum Gasteiger partial charge on any atom is -0.355 e. The number of aromatic nitrogens is 1. The van der Waals surface area contributed by atoms with Crippen LogP contribution in [0.15, 0.2) is 57.0 Å². The molecule has 0 aliphatic heterocycles. The molecule has 0 radical (unpaired) electrons. The summed E-state index contributed by atoms with van der Waals surface area (Å²) in [6.07, 6.45) is 1.99. The maximum Gasteiger partial charge on any atom is 0.193 e. The molecule has 0 spiro atoms. The first-order valence-electron chi connectivity index (χ1n) is 7.84. The summed E-state index contributed by atoms with van der Waals surface area (Å²) in [7, 11) is 2.28. The van der Waals surface area contributed by atoms with E-state index in [0.717, 1.165) is 10.2 Å². The summed E-state index contributed by atoms with van der Waals surface area (Å²) >= 11 is 3.31. The maximum atomic E-state index is 12.4. The van der Waals surface area contributed by atoms with Crippen LogP contribution in [-0.2, 0) is 23.4 Å². The van der Waals surface area contributed by atoms with Crippen molar-refractivity contribution < 1.29 is 8.42 Å². The number of aliphatic imine (C=N–C) groups is 1. The largest absolute Gasteiger partial charge is 0.355 e.